The number of benzene rings is 1. The molecule has 3 aliphatic rings. The van der Waals surface area contributed by atoms with Crippen molar-refractivity contribution in [2.75, 3.05) is 49.5 Å². The van der Waals surface area contributed by atoms with Crippen molar-refractivity contribution in [3.63, 3.8) is 0 Å². The highest BCUT2D eigenvalue weighted by Gasteiger charge is 2.44. The van der Waals surface area contributed by atoms with Gasteiger partial charge in [0.15, 0.2) is 0 Å². The Balaban J connectivity index is 1.16. The molecule has 9 nitrogen and oxygen atoms in total. The Morgan fingerprint density at radius 3 is 2.26 bits per heavy atom. The van der Waals surface area contributed by atoms with Crippen LogP contribution >= 0.6 is 0 Å². The largest absolute Gasteiger partial charge is 0.417 e. The summed E-state index contributed by atoms with van der Waals surface area (Å²) in [5.41, 5.74) is 5.62. The van der Waals surface area contributed by atoms with E-state index in [0.717, 1.165) is 43.9 Å². The molecule has 0 bridgehead atoms. The zero-order valence-corrected chi connectivity index (χ0v) is 21.6. The summed E-state index contributed by atoms with van der Waals surface area (Å²) in [6.07, 6.45) is -0.752. The Morgan fingerprint density at radius 1 is 1.00 bits per heavy atom. The lowest BCUT2D eigenvalue weighted by Gasteiger charge is -2.32. The molecule has 3 fully saturated rings. The van der Waals surface area contributed by atoms with E-state index in [1.54, 1.807) is 17.0 Å². The summed E-state index contributed by atoms with van der Waals surface area (Å²) in [7, 11) is -3.67. The van der Waals surface area contributed by atoms with Crippen molar-refractivity contribution in [2.45, 2.75) is 42.8 Å². The SMILES string of the molecule is NC(=O)N1CCC2(CCN(c3ccc(S(=O)(=O)N4CCC(Nc5ccc(C(F)(F)F)cn5)CC4)cc3)C2)C1. The van der Waals surface area contributed by atoms with Crippen molar-refractivity contribution in [1.29, 1.82) is 0 Å². The third kappa shape index (κ3) is 5.39. The first-order valence-electron chi connectivity index (χ1n) is 12.6. The van der Waals surface area contributed by atoms with E-state index in [1.165, 1.54) is 10.4 Å². The number of nitrogens with zero attached hydrogens (tertiary/aromatic N) is 4. The molecule has 2 amide bonds. The van der Waals surface area contributed by atoms with E-state index in [-0.39, 0.29) is 22.4 Å². The molecule has 1 unspecified atom stereocenters. The number of piperidine rings is 1. The van der Waals surface area contributed by atoms with Crippen LogP contribution in [0.4, 0.5) is 29.5 Å². The second-order valence-corrected chi connectivity index (χ2v) is 12.4. The number of likely N-dealkylation sites (tertiary alicyclic amines) is 1. The minimum absolute atomic E-state index is 0.0358. The van der Waals surface area contributed by atoms with Crippen molar-refractivity contribution < 1.29 is 26.4 Å². The molecule has 3 aliphatic heterocycles. The van der Waals surface area contributed by atoms with Crippen molar-refractivity contribution in [2.24, 2.45) is 11.1 Å². The van der Waals surface area contributed by atoms with Gasteiger partial charge in [0, 0.05) is 62.6 Å². The van der Waals surface area contributed by atoms with Gasteiger partial charge in [-0.05, 0) is 62.1 Å². The van der Waals surface area contributed by atoms with Crippen LogP contribution in [0.5, 0.6) is 0 Å². The number of primary amides is 1. The van der Waals surface area contributed by atoms with Crippen LogP contribution in [-0.2, 0) is 16.2 Å². The number of halogens is 3. The van der Waals surface area contributed by atoms with Gasteiger partial charge >= 0.3 is 12.2 Å². The first kappa shape index (κ1) is 26.5. The van der Waals surface area contributed by atoms with Crippen LogP contribution in [-0.4, -0.2) is 73.9 Å². The maximum absolute atomic E-state index is 13.2. The lowest BCUT2D eigenvalue weighted by Crippen LogP contribution is -2.42. The van der Waals surface area contributed by atoms with Crippen LogP contribution in [0.2, 0.25) is 0 Å². The van der Waals surface area contributed by atoms with E-state index in [4.69, 9.17) is 5.73 Å². The highest BCUT2D eigenvalue weighted by Crippen LogP contribution is 2.41. The average Bonchev–Trinajstić information content (AvgIpc) is 3.51. The van der Waals surface area contributed by atoms with Crippen LogP contribution in [0.25, 0.3) is 0 Å². The van der Waals surface area contributed by atoms with Gasteiger partial charge in [0.2, 0.25) is 10.0 Å². The Hall–Kier alpha value is -3.06. The maximum Gasteiger partial charge on any atom is 0.417 e. The van der Waals surface area contributed by atoms with Crippen LogP contribution in [0.3, 0.4) is 0 Å². The van der Waals surface area contributed by atoms with Gasteiger partial charge in [-0.3, -0.25) is 0 Å². The van der Waals surface area contributed by atoms with Crippen LogP contribution in [0, 0.1) is 5.41 Å². The topological polar surface area (TPSA) is 112 Å². The van der Waals surface area contributed by atoms with E-state index in [1.807, 2.05) is 12.1 Å². The predicted molar refractivity (Wildman–Crippen MR) is 136 cm³/mol. The summed E-state index contributed by atoms with van der Waals surface area (Å²) in [4.78, 5) is 19.5. The Morgan fingerprint density at radius 2 is 1.68 bits per heavy atom. The fourth-order valence-corrected chi connectivity index (χ4v) is 7.16. The van der Waals surface area contributed by atoms with Crippen molar-refractivity contribution in [1.82, 2.24) is 14.2 Å². The molecule has 0 radical (unpaired) electrons. The minimum atomic E-state index is -4.44. The monoisotopic (exact) mass is 552 g/mol. The quantitative estimate of drug-likeness (QED) is 0.589. The number of urea groups is 1. The number of sulfonamides is 1. The summed E-state index contributed by atoms with van der Waals surface area (Å²) >= 11 is 0. The summed E-state index contributed by atoms with van der Waals surface area (Å²) in [5, 5.41) is 3.11. The normalized spacial score (nSPS) is 23.3. The maximum atomic E-state index is 13.2. The molecule has 38 heavy (non-hydrogen) atoms. The number of amides is 2. The first-order valence-corrected chi connectivity index (χ1v) is 14.1. The zero-order valence-electron chi connectivity index (χ0n) is 20.8. The van der Waals surface area contributed by atoms with Crippen molar-refractivity contribution >= 4 is 27.6 Å². The second-order valence-electron chi connectivity index (χ2n) is 10.4. The number of rotatable bonds is 5. The van der Waals surface area contributed by atoms with Gasteiger partial charge in [-0.25, -0.2) is 18.2 Å². The molecule has 0 aliphatic carbocycles. The van der Waals surface area contributed by atoms with Gasteiger partial charge in [0.05, 0.1) is 10.5 Å². The number of carbonyl (C=O) groups excluding carboxylic acids is 1. The Labute approximate surface area is 219 Å². The third-order valence-electron chi connectivity index (χ3n) is 7.92. The first-order chi connectivity index (χ1) is 18.0. The molecule has 206 valence electrons. The molecule has 1 aromatic heterocycles. The van der Waals surface area contributed by atoms with Crippen LogP contribution in [0.1, 0.15) is 31.2 Å². The molecule has 2 aromatic rings. The molecule has 5 rings (SSSR count). The van der Waals surface area contributed by atoms with Crippen molar-refractivity contribution in [3.05, 3.63) is 48.2 Å². The van der Waals surface area contributed by atoms with E-state index >= 15 is 0 Å². The number of nitrogens with two attached hydrogens (primary N) is 1. The summed E-state index contributed by atoms with van der Waals surface area (Å²) < 4.78 is 66.1. The molecule has 1 spiro atoms. The molecule has 4 heterocycles. The lowest BCUT2D eigenvalue weighted by molar-refractivity contribution is -0.137. The lowest BCUT2D eigenvalue weighted by atomic mass is 9.86. The minimum Gasteiger partial charge on any atom is -0.371 e. The number of carbonyl (C=O) groups is 1. The smallest absolute Gasteiger partial charge is 0.371 e. The summed E-state index contributed by atoms with van der Waals surface area (Å²) in [6, 6.07) is 8.73. The number of anilines is 2. The Bertz CT molecular complexity index is 1260. The zero-order chi connectivity index (χ0) is 27.1. The summed E-state index contributed by atoms with van der Waals surface area (Å²) in [6.45, 7) is 3.57. The van der Waals surface area contributed by atoms with Gasteiger partial charge in [0.25, 0.3) is 0 Å². The van der Waals surface area contributed by atoms with Gasteiger partial charge < -0.3 is 20.9 Å². The second kappa shape index (κ2) is 9.92. The number of nitrogens with one attached hydrogen (secondary N) is 1. The number of hydrogen-bond donors (Lipinski definition) is 2. The fraction of sp³-hybridized carbons (Fsp3) is 0.520. The number of alkyl halides is 3. The highest BCUT2D eigenvalue weighted by molar-refractivity contribution is 7.89. The molecule has 1 aromatic carbocycles. The molecular weight excluding hydrogens is 521 g/mol. The van der Waals surface area contributed by atoms with Crippen LogP contribution in [0.15, 0.2) is 47.5 Å². The van der Waals surface area contributed by atoms with Crippen LogP contribution < -0.4 is 16.0 Å². The third-order valence-corrected chi connectivity index (χ3v) is 9.84. The van der Waals surface area contributed by atoms with E-state index in [0.29, 0.717) is 44.8 Å². The fourth-order valence-electron chi connectivity index (χ4n) is 5.69. The predicted octanol–water partition coefficient (Wildman–Crippen LogP) is 3.35. The molecule has 13 heteroatoms. The number of aromatic nitrogens is 1. The average molecular weight is 553 g/mol. The van der Waals surface area contributed by atoms with E-state index < -0.39 is 21.8 Å². The molecule has 0 saturated carbocycles. The number of pyridine rings is 1. The Kier molecular flexibility index (Phi) is 6.93. The van der Waals surface area contributed by atoms with Crippen molar-refractivity contribution in [3.8, 4) is 0 Å². The molecule has 3 N–H and O–H groups in total. The van der Waals surface area contributed by atoms with E-state index in [2.05, 4.69) is 15.2 Å². The highest BCUT2D eigenvalue weighted by atomic mass is 32.2. The van der Waals surface area contributed by atoms with Gasteiger partial charge in [0.1, 0.15) is 5.82 Å². The number of hydrogen-bond acceptors (Lipinski definition) is 6. The molecular formula is C25H31F3N6O3S. The van der Waals surface area contributed by atoms with Gasteiger partial charge in [-0.1, -0.05) is 0 Å². The van der Waals surface area contributed by atoms with Gasteiger partial charge in [-0.15, -0.1) is 0 Å². The molecule has 3 saturated heterocycles. The van der Waals surface area contributed by atoms with Gasteiger partial charge in [-0.2, -0.15) is 17.5 Å². The standard InChI is InChI=1S/C25H31F3N6O3S/c26-25(27,28)18-1-6-22(30-15-18)31-19-7-11-34(12-8-19)38(36,37)21-4-2-20(3-5-21)32-13-9-24(16-32)10-14-33(17-24)23(29)35/h1-6,15,19H,7-14,16-17H2,(H2,29,35)(H,30,31). The van der Waals surface area contributed by atoms with E-state index in [9.17, 15) is 26.4 Å². The summed E-state index contributed by atoms with van der Waals surface area (Å²) in [5.74, 6) is 0.332. The molecule has 1 atom stereocenters.